The lowest BCUT2D eigenvalue weighted by atomic mass is 9.92. The lowest BCUT2D eigenvalue weighted by Crippen LogP contribution is -2.43. The van der Waals surface area contributed by atoms with Gasteiger partial charge in [-0.25, -0.2) is 0 Å². The highest BCUT2D eigenvalue weighted by Crippen LogP contribution is 2.27. The first-order valence-electron chi connectivity index (χ1n) is 8.41. The maximum atomic E-state index is 5.88. The molecule has 1 aliphatic carbocycles. The Morgan fingerprint density at radius 1 is 1.23 bits per heavy atom. The van der Waals surface area contributed by atoms with Gasteiger partial charge in [0.1, 0.15) is 11.9 Å². The van der Waals surface area contributed by atoms with Crippen molar-refractivity contribution in [2.24, 2.45) is 0 Å². The molecule has 0 radical (unpaired) electrons. The van der Waals surface area contributed by atoms with Crippen LogP contribution in [0.2, 0.25) is 0 Å². The zero-order valence-electron chi connectivity index (χ0n) is 13.5. The van der Waals surface area contributed by atoms with Crippen LogP contribution in [0.5, 0.6) is 5.75 Å². The first-order valence-corrected chi connectivity index (χ1v) is 8.41. The highest BCUT2D eigenvalue weighted by atomic mass is 16.5. The fraction of sp³-hybridized carbons (Fsp3) is 0.706. The molecule has 0 unspecified atom stereocenters. The molecule has 0 amide bonds. The van der Waals surface area contributed by atoms with Gasteiger partial charge in [-0.2, -0.15) is 0 Å². The molecule has 2 fully saturated rings. The summed E-state index contributed by atoms with van der Waals surface area (Å²) in [5.41, 5.74) is 1.16. The van der Waals surface area contributed by atoms with Crippen LogP contribution >= 0.6 is 0 Å². The monoisotopic (exact) mass is 305 g/mol. The van der Waals surface area contributed by atoms with Gasteiger partial charge in [0.25, 0.3) is 0 Å². The molecule has 0 bridgehead atoms. The first-order chi connectivity index (χ1) is 10.8. The van der Waals surface area contributed by atoms with Crippen molar-refractivity contribution in [3.8, 4) is 5.75 Å². The van der Waals surface area contributed by atoms with Crippen LogP contribution in [0.1, 0.15) is 25.0 Å². The number of aromatic nitrogens is 1. The van der Waals surface area contributed by atoms with E-state index in [-0.39, 0.29) is 0 Å². The molecule has 0 spiro atoms. The van der Waals surface area contributed by atoms with Gasteiger partial charge in [-0.05, 0) is 31.5 Å². The molecule has 2 aliphatic rings. The average Bonchev–Trinajstić information content (AvgIpc) is 2.53. The van der Waals surface area contributed by atoms with E-state index >= 15 is 0 Å². The number of aryl methyl sites for hydroxylation is 1. The number of hydrogen-bond donors (Lipinski definition) is 1. The third kappa shape index (κ3) is 4.41. The Bertz CT molecular complexity index is 440. The molecule has 122 valence electrons. The number of pyridine rings is 1. The molecule has 0 aromatic carbocycles. The summed E-state index contributed by atoms with van der Waals surface area (Å²) in [6, 6.07) is 4.15. The summed E-state index contributed by atoms with van der Waals surface area (Å²) in [7, 11) is 1.76. The lowest BCUT2D eigenvalue weighted by molar-refractivity contribution is -0.0382. The minimum Gasteiger partial charge on any atom is -0.489 e. The van der Waals surface area contributed by atoms with Crippen molar-refractivity contribution < 1.29 is 9.47 Å². The molecule has 0 atom stereocenters. The quantitative estimate of drug-likeness (QED) is 0.827. The summed E-state index contributed by atoms with van der Waals surface area (Å²) in [6.07, 6.45) is 6.73. The molecular formula is C17H27N3O2. The number of nitrogens with one attached hydrogen (secondary N) is 1. The lowest BCUT2D eigenvalue weighted by Gasteiger charge is -2.34. The van der Waals surface area contributed by atoms with E-state index in [4.69, 9.17) is 9.47 Å². The maximum absolute atomic E-state index is 5.88. The fourth-order valence-electron chi connectivity index (χ4n) is 3.05. The summed E-state index contributed by atoms with van der Waals surface area (Å²) in [5, 5.41) is 3.38. The molecule has 1 N–H and O–H groups in total. The van der Waals surface area contributed by atoms with Crippen LogP contribution in [0.15, 0.2) is 18.3 Å². The van der Waals surface area contributed by atoms with Gasteiger partial charge in [-0.15, -0.1) is 0 Å². The van der Waals surface area contributed by atoms with E-state index in [9.17, 15) is 0 Å². The van der Waals surface area contributed by atoms with Gasteiger partial charge < -0.3 is 19.7 Å². The summed E-state index contributed by atoms with van der Waals surface area (Å²) < 4.78 is 11.1. The second kappa shape index (κ2) is 7.90. The van der Waals surface area contributed by atoms with E-state index in [0.717, 1.165) is 43.8 Å². The molecule has 3 rings (SSSR count). The maximum Gasteiger partial charge on any atom is 0.138 e. The van der Waals surface area contributed by atoms with Crippen LogP contribution in [-0.2, 0) is 11.2 Å². The third-order valence-electron chi connectivity index (χ3n) is 4.60. The summed E-state index contributed by atoms with van der Waals surface area (Å²) in [5.74, 6) is 0.880. The van der Waals surface area contributed by atoms with Gasteiger partial charge in [0, 0.05) is 51.8 Å². The third-order valence-corrected chi connectivity index (χ3v) is 4.60. The second-order valence-corrected chi connectivity index (χ2v) is 6.25. The molecule has 5 heteroatoms. The van der Waals surface area contributed by atoms with Gasteiger partial charge in [-0.3, -0.25) is 4.98 Å². The van der Waals surface area contributed by atoms with Gasteiger partial charge in [0.15, 0.2) is 0 Å². The number of piperazine rings is 1. The predicted octanol–water partition coefficient (Wildman–Crippen LogP) is 1.48. The zero-order valence-corrected chi connectivity index (χ0v) is 13.5. The number of hydrogen-bond acceptors (Lipinski definition) is 5. The van der Waals surface area contributed by atoms with Crippen LogP contribution in [0.25, 0.3) is 0 Å². The van der Waals surface area contributed by atoms with E-state index in [1.807, 2.05) is 12.3 Å². The molecule has 1 saturated carbocycles. The van der Waals surface area contributed by atoms with E-state index in [2.05, 4.69) is 21.3 Å². The van der Waals surface area contributed by atoms with Gasteiger partial charge in [0.05, 0.1) is 12.3 Å². The molecule has 1 saturated heterocycles. The van der Waals surface area contributed by atoms with Crippen molar-refractivity contribution >= 4 is 0 Å². The Morgan fingerprint density at radius 2 is 2.05 bits per heavy atom. The van der Waals surface area contributed by atoms with Crippen molar-refractivity contribution in [2.75, 3.05) is 39.8 Å². The van der Waals surface area contributed by atoms with Gasteiger partial charge in [0.2, 0.25) is 0 Å². The topological polar surface area (TPSA) is 46.6 Å². The molecule has 1 aliphatic heterocycles. The Kier molecular flexibility index (Phi) is 5.64. The highest BCUT2D eigenvalue weighted by molar-refractivity contribution is 5.20. The molecule has 1 aromatic rings. The number of methoxy groups -OCH3 is 1. The van der Waals surface area contributed by atoms with Crippen molar-refractivity contribution in [1.29, 1.82) is 0 Å². The first kappa shape index (κ1) is 15.7. The van der Waals surface area contributed by atoms with Crippen LogP contribution in [0.4, 0.5) is 0 Å². The number of rotatable bonds is 7. The van der Waals surface area contributed by atoms with Crippen molar-refractivity contribution in [3.05, 3.63) is 24.0 Å². The van der Waals surface area contributed by atoms with E-state index in [1.54, 1.807) is 7.11 Å². The molecule has 2 heterocycles. The smallest absolute Gasteiger partial charge is 0.138 e. The normalized spacial score (nSPS) is 25.7. The summed E-state index contributed by atoms with van der Waals surface area (Å²) >= 11 is 0. The number of ether oxygens (including phenoxy) is 2. The minimum absolute atomic E-state index is 0.297. The van der Waals surface area contributed by atoms with Crippen LogP contribution in [0.3, 0.4) is 0 Å². The van der Waals surface area contributed by atoms with E-state index in [0.29, 0.717) is 12.2 Å². The van der Waals surface area contributed by atoms with Gasteiger partial charge in [-0.1, -0.05) is 0 Å². The van der Waals surface area contributed by atoms with Crippen LogP contribution < -0.4 is 10.1 Å². The molecule has 22 heavy (non-hydrogen) atoms. The molecule has 1 aromatic heterocycles. The van der Waals surface area contributed by atoms with Crippen LogP contribution in [0, 0.1) is 0 Å². The summed E-state index contributed by atoms with van der Waals surface area (Å²) in [4.78, 5) is 7.05. The standard InChI is InChI=1S/C17H27N3O2/c1-21-16-11-17(12-16)22-15-5-4-14(19-13-15)3-2-8-20-9-6-18-7-10-20/h4-5,13,16-18H,2-3,6-12H2,1H3. The van der Waals surface area contributed by atoms with Crippen LogP contribution in [-0.4, -0.2) is 61.9 Å². The minimum atomic E-state index is 0.297. The highest BCUT2D eigenvalue weighted by Gasteiger charge is 2.30. The second-order valence-electron chi connectivity index (χ2n) is 6.25. The molecular weight excluding hydrogens is 278 g/mol. The Morgan fingerprint density at radius 3 is 2.73 bits per heavy atom. The molecule has 5 nitrogen and oxygen atoms in total. The summed E-state index contributed by atoms with van der Waals surface area (Å²) in [6.45, 7) is 5.75. The van der Waals surface area contributed by atoms with E-state index in [1.165, 1.54) is 26.1 Å². The Balaban J connectivity index is 1.36. The van der Waals surface area contributed by atoms with Crippen molar-refractivity contribution in [2.45, 2.75) is 37.9 Å². The fourth-order valence-corrected chi connectivity index (χ4v) is 3.05. The zero-order chi connectivity index (χ0) is 15.2. The Hall–Kier alpha value is -1.17. The SMILES string of the molecule is COC1CC(Oc2ccc(CCCN3CCNCC3)nc2)C1. The number of nitrogens with zero attached hydrogens (tertiary/aromatic N) is 2. The Labute approximate surface area is 133 Å². The van der Waals surface area contributed by atoms with Crippen molar-refractivity contribution in [3.63, 3.8) is 0 Å². The average molecular weight is 305 g/mol. The predicted molar refractivity (Wildman–Crippen MR) is 86.3 cm³/mol. The van der Waals surface area contributed by atoms with Gasteiger partial charge >= 0.3 is 0 Å². The van der Waals surface area contributed by atoms with Crippen molar-refractivity contribution in [1.82, 2.24) is 15.2 Å². The largest absolute Gasteiger partial charge is 0.489 e. The van der Waals surface area contributed by atoms with E-state index < -0.39 is 0 Å².